The molecule has 3 aromatic carbocycles. The van der Waals surface area contributed by atoms with Crippen LogP contribution in [-0.2, 0) is 32.6 Å². The molecule has 0 spiro atoms. The number of anilines is 1. The fourth-order valence-corrected chi connectivity index (χ4v) is 5.26. The van der Waals surface area contributed by atoms with Gasteiger partial charge in [0.15, 0.2) is 0 Å². The molecule has 0 aliphatic rings. The fraction of sp³-hybridized carbons (Fsp3) is 0.355. The summed E-state index contributed by atoms with van der Waals surface area (Å²) in [5.41, 5.74) is 0.433. The number of hydrogen-bond donors (Lipinski definition) is 1. The first-order valence-electron chi connectivity index (χ1n) is 13.3. The molecule has 0 aromatic heterocycles. The van der Waals surface area contributed by atoms with Gasteiger partial charge in [0.2, 0.25) is 21.8 Å². The molecule has 0 unspecified atom stereocenters. The van der Waals surface area contributed by atoms with E-state index in [1.807, 2.05) is 51.1 Å². The van der Waals surface area contributed by atoms with E-state index in [-0.39, 0.29) is 30.0 Å². The topological polar surface area (TPSA) is 105 Å². The molecule has 0 saturated heterocycles. The number of rotatable bonds is 12. The number of carbonyl (C=O) groups excluding carboxylic acids is 2. The molecule has 2 amide bonds. The Morgan fingerprint density at radius 1 is 0.952 bits per heavy atom. The summed E-state index contributed by atoms with van der Waals surface area (Å²) in [4.78, 5) is 29.1. The molecule has 0 heterocycles. The number of halogens is 1. The Morgan fingerprint density at radius 3 is 2.17 bits per heavy atom. The Hall–Kier alpha value is -4.12. The number of ether oxygens (including phenoxy) is 2. The number of hydrogen-bond acceptors (Lipinski definition) is 6. The second kappa shape index (κ2) is 13.7. The average molecular weight is 600 g/mol. The van der Waals surface area contributed by atoms with Gasteiger partial charge in [-0.05, 0) is 44.5 Å². The van der Waals surface area contributed by atoms with Crippen molar-refractivity contribution in [3.8, 4) is 11.5 Å². The molecule has 3 aromatic rings. The lowest BCUT2D eigenvalue weighted by Crippen LogP contribution is -2.56. The summed E-state index contributed by atoms with van der Waals surface area (Å²) in [6.07, 6.45) is 1.09. The summed E-state index contributed by atoms with van der Waals surface area (Å²) in [6, 6.07) is 18.5. The van der Waals surface area contributed by atoms with Crippen molar-refractivity contribution in [1.29, 1.82) is 0 Å². The summed E-state index contributed by atoms with van der Waals surface area (Å²) in [5.74, 6) is -1.12. The molecule has 0 bridgehead atoms. The van der Waals surface area contributed by atoms with Crippen LogP contribution in [0.15, 0.2) is 72.8 Å². The Kier molecular flexibility index (Phi) is 10.6. The molecule has 226 valence electrons. The fourth-order valence-electron chi connectivity index (χ4n) is 4.40. The van der Waals surface area contributed by atoms with Crippen LogP contribution in [0.1, 0.15) is 31.9 Å². The van der Waals surface area contributed by atoms with Gasteiger partial charge >= 0.3 is 0 Å². The molecule has 9 nitrogen and oxygen atoms in total. The molecule has 0 aliphatic heterocycles. The third kappa shape index (κ3) is 8.69. The summed E-state index contributed by atoms with van der Waals surface area (Å²) in [7, 11) is -1.19. The van der Waals surface area contributed by atoms with Crippen LogP contribution >= 0.6 is 0 Å². The number of sulfonamides is 1. The Labute approximate surface area is 247 Å². The van der Waals surface area contributed by atoms with Crippen LogP contribution in [0.3, 0.4) is 0 Å². The zero-order chi connectivity index (χ0) is 31.1. The maximum atomic E-state index is 14.9. The third-order valence-corrected chi connectivity index (χ3v) is 7.53. The molecule has 11 heteroatoms. The standard InChI is InChI=1S/C31H38FN3O6S/c1-31(2,3)33-30(37)27(18-22-12-8-7-9-13-22)34(20-23-14-10-11-15-25(23)32)29(36)21-35(42(6,38)39)26-17-16-24(40-4)19-28(26)41-5/h7-17,19,27H,18,20-21H2,1-6H3,(H,33,37)/t27-/m0/s1. The molecule has 0 fully saturated rings. The van der Waals surface area contributed by atoms with Gasteiger partial charge in [0.1, 0.15) is 29.9 Å². The lowest BCUT2D eigenvalue weighted by molar-refractivity contribution is -0.140. The zero-order valence-electron chi connectivity index (χ0n) is 24.8. The van der Waals surface area contributed by atoms with E-state index in [1.54, 1.807) is 12.1 Å². The van der Waals surface area contributed by atoms with Crippen molar-refractivity contribution in [2.75, 3.05) is 31.3 Å². The molecule has 0 radical (unpaired) electrons. The Balaban J connectivity index is 2.12. The van der Waals surface area contributed by atoms with Gasteiger partial charge in [-0.2, -0.15) is 0 Å². The predicted molar refractivity (Wildman–Crippen MR) is 161 cm³/mol. The maximum Gasteiger partial charge on any atom is 0.244 e. The van der Waals surface area contributed by atoms with E-state index in [0.29, 0.717) is 5.75 Å². The number of nitrogens with one attached hydrogen (secondary N) is 1. The van der Waals surface area contributed by atoms with Crippen LogP contribution in [0.5, 0.6) is 11.5 Å². The summed E-state index contributed by atoms with van der Waals surface area (Å²) in [6.45, 7) is 4.51. The van der Waals surface area contributed by atoms with Crippen molar-refractivity contribution in [1.82, 2.24) is 10.2 Å². The predicted octanol–water partition coefficient (Wildman–Crippen LogP) is 4.16. The van der Waals surface area contributed by atoms with Crippen molar-refractivity contribution >= 4 is 27.5 Å². The molecule has 0 saturated carbocycles. The normalized spacial score (nSPS) is 12.3. The highest BCUT2D eigenvalue weighted by Gasteiger charge is 2.35. The van der Waals surface area contributed by atoms with Crippen molar-refractivity contribution in [3.05, 3.63) is 89.7 Å². The second-order valence-electron chi connectivity index (χ2n) is 10.9. The van der Waals surface area contributed by atoms with Crippen LogP contribution in [0, 0.1) is 5.82 Å². The molecular formula is C31H38FN3O6S. The third-order valence-electron chi connectivity index (χ3n) is 6.40. The number of nitrogens with zero attached hydrogens (tertiary/aromatic N) is 2. The minimum atomic E-state index is -4.02. The van der Waals surface area contributed by atoms with E-state index >= 15 is 0 Å². The largest absolute Gasteiger partial charge is 0.497 e. The Morgan fingerprint density at radius 2 is 1.60 bits per heavy atom. The van der Waals surface area contributed by atoms with Gasteiger partial charge in [-0.3, -0.25) is 13.9 Å². The van der Waals surface area contributed by atoms with Crippen LogP contribution in [0.4, 0.5) is 10.1 Å². The highest BCUT2D eigenvalue weighted by molar-refractivity contribution is 7.92. The van der Waals surface area contributed by atoms with Crippen molar-refractivity contribution in [3.63, 3.8) is 0 Å². The van der Waals surface area contributed by atoms with E-state index < -0.39 is 45.8 Å². The quantitative estimate of drug-likeness (QED) is 0.335. The minimum absolute atomic E-state index is 0.110. The zero-order valence-corrected chi connectivity index (χ0v) is 25.6. The van der Waals surface area contributed by atoms with Gasteiger partial charge in [0.05, 0.1) is 26.2 Å². The van der Waals surface area contributed by atoms with Crippen molar-refractivity contribution in [2.24, 2.45) is 0 Å². The van der Waals surface area contributed by atoms with Gasteiger partial charge in [-0.25, -0.2) is 12.8 Å². The van der Waals surface area contributed by atoms with E-state index in [4.69, 9.17) is 9.47 Å². The first-order valence-corrected chi connectivity index (χ1v) is 15.2. The van der Waals surface area contributed by atoms with Crippen molar-refractivity contribution in [2.45, 2.75) is 45.3 Å². The molecular weight excluding hydrogens is 561 g/mol. The second-order valence-corrected chi connectivity index (χ2v) is 12.8. The molecule has 0 aliphatic carbocycles. The Bertz CT molecular complexity index is 1490. The highest BCUT2D eigenvalue weighted by atomic mass is 32.2. The lowest BCUT2D eigenvalue weighted by Gasteiger charge is -2.35. The smallest absolute Gasteiger partial charge is 0.244 e. The molecule has 42 heavy (non-hydrogen) atoms. The van der Waals surface area contributed by atoms with Gasteiger partial charge in [-0.1, -0.05) is 48.5 Å². The van der Waals surface area contributed by atoms with Crippen LogP contribution in [0.25, 0.3) is 0 Å². The van der Waals surface area contributed by atoms with Gasteiger partial charge in [0, 0.05) is 30.1 Å². The van der Waals surface area contributed by atoms with E-state index in [0.717, 1.165) is 16.1 Å². The summed E-state index contributed by atoms with van der Waals surface area (Å²) < 4.78 is 52.5. The van der Waals surface area contributed by atoms with Crippen LogP contribution in [0.2, 0.25) is 0 Å². The summed E-state index contributed by atoms with van der Waals surface area (Å²) in [5, 5.41) is 2.93. The van der Waals surface area contributed by atoms with E-state index in [2.05, 4.69) is 5.32 Å². The maximum absolute atomic E-state index is 14.9. The van der Waals surface area contributed by atoms with Crippen molar-refractivity contribution < 1.29 is 31.9 Å². The minimum Gasteiger partial charge on any atom is -0.497 e. The SMILES string of the molecule is COc1ccc(N(CC(=O)N(Cc2ccccc2F)[C@@H](Cc2ccccc2)C(=O)NC(C)(C)C)S(C)(=O)=O)c(OC)c1. The average Bonchev–Trinajstić information content (AvgIpc) is 2.93. The lowest BCUT2D eigenvalue weighted by atomic mass is 10.0. The van der Waals surface area contributed by atoms with Crippen LogP contribution in [-0.4, -0.2) is 63.7 Å². The number of benzene rings is 3. The molecule has 1 N–H and O–H groups in total. The van der Waals surface area contributed by atoms with Gasteiger partial charge in [0.25, 0.3) is 0 Å². The highest BCUT2D eigenvalue weighted by Crippen LogP contribution is 2.34. The first kappa shape index (κ1) is 32.4. The van der Waals surface area contributed by atoms with E-state index in [1.165, 1.54) is 49.5 Å². The van der Waals surface area contributed by atoms with Crippen LogP contribution < -0.4 is 19.1 Å². The molecule has 3 rings (SSSR count). The van der Waals surface area contributed by atoms with Gasteiger partial charge < -0.3 is 19.7 Å². The number of amides is 2. The molecule has 1 atom stereocenters. The number of carbonyl (C=O) groups is 2. The van der Waals surface area contributed by atoms with E-state index in [9.17, 15) is 22.4 Å². The van der Waals surface area contributed by atoms with Gasteiger partial charge in [-0.15, -0.1) is 0 Å². The number of methoxy groups -OCH3 is 2. The monoisotopic (exact) mass is 599 g/mol. The first-order chi connectivity index (χ1) is 19.7. The summed E-state index contributed by atoms with van der Waals surface area (Å²) >= 11 is 0.